The maximum Gasteiger partial charge on any atom is 0.324 e. The van der Waals surface area contributed by atoms with Gasteiger partial charge in [-0.25, -0.2) is 0 Å². The second-order valence-corrected chi connectivity index (χ2v) is 9.52. The van der Waals surface area contributed by atoms with Crippen LogP contribution in [0, 0.1) is 34.0 Å². The Hall–Kier alpha value is -1.36. The van der Waals surface area contributed by atoms with Gasteiger partial charge >= 0.3 is 11.9 Å². The molecule has 2 aliphatic rings. The number of aliphatic carboxylic acids is 2. The molecule has 1 fully saturated rings. The zero-order valence-electron chi connectivity index (χ0n) is 15.5. The molecule has 0 spiro atoms. The van der Waals surface area contributed by atoms with Crippen LogP contribution in [0.1, 0.15) is 54.4 Å². The van der Waals surface area contributed by atoms with Gasteiger partial charge in [0.05, 0.1) is 0 Å². The Balaban J connectivity index is 2.81. The molecule has 0 aliphatic heterocycles. The molecule has 2 aliphatic carbocycles. The van der Waals surface area contributed by atoms with Crippen molar-refractivity contribution < 1.29 is 24.9 Å². The first-order valence-electron chi connectivity index (χ1n) is 8.58. The highest BCUT2D eigenvalue weighted by Gasteiger charge is 2.75. The van der Waals surface area contributed by atoms with Crippen LogP contribution in [0.5, 0.6) is 0 Å². The van der Waals surface area contributed by atoms with Crippen LogP contribution in [0.25, 0.3) is 0 Å². The number of carboxylic acids is 2. The molecule has 2 bridgehead atoms. The average Bonchev–Trinajstić information content (AvgIpc) is 2.98. The van der Waals surface area contributed by atoms with Gasteiger partial charge in [-0.2, -0.15) is 0 Å². The quantitative estimate of drug-likeness (QED) is 0.540. The molecule has 3 unspecified atom stereocenters. The van der Waals surface area contributed by atoms with Crippen LogP contribution in [0.2, 0.25) is 0 Å². The maximum absolute atomic E-state index is 12.5. The lowest BCUT2D eigenvalue weighted by Crippen LogP contribution is -2.72. The van der Waals surface area contributed by atoms with Gasteiger partial charge < -0.3 is 15.3 Å². The second kappa shape index (κ2) is 5.32. The maximum atomic E-state index is 12.5. The van der Waals surface area contributed by atoms with Crippen LogP contribution in [0.4, 0.5) is 0 Å². The highest BCUT2D eigenvalue weighted by molar-refractivity contribution is 6.01. The molecule has 2 rings (SSSR count). The number of fused-ring (bicyclic) bond motifs is 2. The van der Waals surface area contributed by atoms with Gasteiger partial charge in [0.25, 0.3) is 0 Å². The first-order valence-corrected chi connectivity index (χ1v) is 8.58. The van der Waals surface area contributed by atoms with E-state index in [9.17, 15) is 24.9 Å². The first-order chi connectivity index (χ1) is 10.7. The summed E-state index contributed by atoms with van der Waals surface area (Å²) < 4.78 is 0. The van der Waals surface area contributed by atoms with Crippen molar-refractivity contribution in [1.29, 1.82) is 0 Å². The summed E-state index contributed by atoms with van der Waals surface area (Å²) in [7, 11) is 0. The van der Waals surface area contributed by atoms with Crippen LogP contribution >= 0.6 is 0 Å². The molecule has 3 atom stereocenters. The molecule has 5 heteroatoms. The van der Waals surface area contributed by atoms with E-state index in [1.165, 1.54) is 0 Å². The molecular formula is C19H30O5. The Kier molecular flexibility index (Phi) is 4.20. The molecular weight excluding hydrogens is 308 g/mol. The van der Waals surface area contributed by atoms with Gasteiger partial charge in [0.15, 0.2) is 5.41 Å². The zero-order valence-corrected chi connectivity index (χ0v) is 15.5. The lowest BCUT2D eigenvalue weighted by molar-refractivity contribution is -0.247. The van der Waals surface area contributed by atoms with Crippen molar-refractivity contribution in [3.8, 4) is 0 Å². The standard InChI is InChI=1S/C19H30O5/c1-16(2,3)19(24,17(4,5)6)18(14(20)21,15(22)23)13-10-11-7-8-12(13)9-11/h7-8,11-13,24H,9-10H2,1-6H3,(H,20,21)(H,22,23). The minimum absolute atomic E-state index is 0.113. The molecule has 5 nitrogen and oxygen atoms in total. The van der Waals surface area contributed by atoms with Gasteiger partial charge in [-0.15, -0.1) is 0 Å². The molecule has 3 N–H and O–H groups in total. The number of carbonyl (C=O) groups is 2. The van der Waals surface area contributed by atoms with E-state index >= 15 is 0 Å². The number of rotatable bonds is 4. The lowest BCUT2D eigenvalue weighted by atomic mass is 9.46. The van der Waals surface area contributed by atoms with Gasteiger partial charge in [-0.05, 0) is 41.4 Å². The third-order valence-corrected chi connectivity index (χ3v) is 6.25. The fourth-order valence-corrected chi connectivity index (χ4v) is 5.57. The van der Waals surface area contributed by atoms with Crippen LogP contribution in [0.15, 0.2) is 12.2 Å². The Bertz CT molecular complexity index is 548. The summed E-state index contributed by atoms with van der Waals surface area (Å²) >= 11 is 0. The van der Waals surface area contributed by atoms with E-state index in [-0.39, 0.29) is 11.8 Å². The molecule has 136 valence electrons. The van der Waals surface area contributed by atoms with Gasteiger partial charge in [-0.1, -0.05) is 53.7 Å². The molecule has 24 heavy (non-hydrogen) atoms. The molecule has 0 amide bonds. The Morgan fingerprint density at radius 1 is 0.875 bits per heavy atom. The number of carboxylic acid groups (broad SMARTS) is 2. The van der Waals surface area contributed by atoms with E-state index < -0.39 is 39.7 Å². The minimum Gasteiger partial charge on any atom is -0.480 e. The molecule has 0 saturated heterocycles. The third-order valence-electron chi connectivity index (χ3n) is 6.25. The van der Waals surface area contributed by atoms with Crippen molar-refractivity contribution >= 4 is 11.9 Å². The fraction of sp³-hybridized carbons (Fsp3) is 0.789. The topological polar surface area (TPSA) is 94.8 Å². The SMILES string of the molecule is CC(C)(C)C(O)(C(C)(C)C)C(C(=O)O)(C(=O)O)C1CC2C=CC1C2. The van der Waals surface area contributed by atoms with Crippen molar-refractivity contribution in [1.82, 2.24) is 0 Å². The van der Waals surface area contributed by atoms with Gasteiger partial charge in [0, 0.05) is 0 Å². The summed E-state index contributed by atoms with van der Waals surface area (Å²) in [6.07, 6.45) is 5.25. The van der Waals surface area contributed by atoms with Crippen LogP contribution in [-0.2, 0) is 9.59 Å². The second-order valence-electron chi connectivity index (χ2n) is 9.52. The van der Waals surface area contributed by atoms with E-state index in [0.717, 1.165) is 6.42 Å². The Morgan fingerprint density at radius 2 is 1.33 bits per heavy atom. The Labute approximate surface area is 143 Å². The number of aliphatic hydroxyl groups is 1. The number of hydrogen-bond donors (Lipinski definition) is 3. The van der Waals surface area contributed by atoms with Crippen molar-refractivity contribution in [2.75, 3.05) is 0 Å². The predicted octanol–water partition coefficient (Wildman–Crippen LogP) is 3.18. The summed E-state index contributed by atoms with van der Waals surface area (Å²) in [5.74, 6) is -3.40. The van der Waals surface area contributed by atoms with Crippen LogP contribution in [0.3, 0.4) is 0 Å². The molecule has 0 aromatic heterocycles. The minimum atomic E-state index is -2.26. The fourth-order valence-electron chi connectivity index (χ4n) is 5.57. The Morgan fingerprint density at radius 3 is 1.58 bits per heavy atom. The van der Waals surface area contributed by atoms with Crippen LogP contribution < -0.4 is 0 Å². The van der Waals surface area contributed by atoms with E-state index in [1.54, 1.807) is 41.5 Å². The van der Waals surface area contributed by atoms with Crippen molar-refractivity contribution in [2.45, 2.75) is 60.0 Å². The molecule has 0 aromatic carbocycles. The number of allylic oxidation sites excluding steroid dienone is 2. The zero-order chi connectivity index (χ0) is 18.7. The highest BCUT2D eigenvalue weighted by atomic mass is 16.4. The molecule has 0 aromatic rings. The van der Waals surface area contributed by atoms with E-state index in [0.29, 0.717) is 6.42 Å². The summed E-state index contributed by atoms with van der Waals surface area (Å²) in [4.78, 5) is 25.0. The predicted molar refractivity (Wildman–Crippen MR) is 90.4 cm³/mol. The summed E-state index contributed by atoms with van der Waals surface area (Å²) in [5.41, 5.74) is -6.07. The third kappa shape index (κ3) is 2.17. The first kappa shape index (κ1) is 19.0. The highest BCUT2D eigenvalue weighted by Crippen LogP contribution is 2.63. The van der Waals surface area contributed by atoms with E-state index in [4.69, 9.17) is 0 Å². The van der Waals surface area contributed by atoms with Crippen molar-refractivity contribution in [3.05, 3.63) is 12.2 Å². The molecule has 0 heterocycles. The summed E-state index contributed by atoms with van der Waals surface area (Å²) in [5, 5.41) is 32.2. The van der Waals surface area contributed by atoms with E-state index in [2.05, 4.69) is 0 Å². The van der Waals surface area contributed by atoms with E-state index in [1.807, 2.05) is 12.2 Å². The molecule has 0 radical (unpaired) electrons. The van der Waals surface area contributed by atoms with Gasteiger partial charge in [0.1, 0.15) is 5.60 Å². The van der Waals surface area contributed by atoms with Crippen molar-refractivity contribution in [3.63, 3.8) is 0 Å². The lowest BCUT2D eigenvalue weighted by Gasteiger charge is -2.59. The van der Waals surface area contributed by atoms with Gasteiger partial charge in [-0.3, -0.25) is 9.59 Å². The molecule has 1 saturated carbocycles. The van der Waals surface area contributed by atoms with Crippen LogP contribution in [-0.4, -0.2) is 32.9 Å². The largest absolute Gasteiger partial charge is 0.480 e. The smallest absolute Gasteiger partial charge is 0.324 e. The normalized spacial score (nSPS) is 27.5. The van der Waals surface area contributed by atoms with Gasteiger partial charge in [0.2, 0.25) is 0 Å². The number of hydrogen-bond acceptors (Lipinski definition) is 3. The average molecular weight is 338 g/mol. The monoisotopic (exact) mass is 338 g/mol. The van der Waals surface area contributed by atoms with Crippen molar-refractivity contribution in [2.24, 2.45) is 34.0 Å². The summed E-state index contributed by atoms with van der Waals surface area (Å²) in [6, 6.07) is 0. The summed E-state index contributed by atoms with van der Waals surface area (Å²) in [6.45, 7) is 10.3.